The van der Waals surface area contributed by atoms with E-state index in [4.69, 9.17) is 4.74 Å². The maximum absolute atomic E-state index is 6.82. The van der Waals surface area contributed by atoms with Crippen LogP contribution in [0.3, 0.4) is 0 Å². The molecule has 1 aliphatic heterocycles. The van der Waals surface area contributed by atoms with Gasteiger partial charge >= 0.3 is 0 Å². The molecule has 1 heterocycles. The summed E-state index contributed by atoms with van der Waals surface area (Å²) in [6.45, 7) is 0. The number of para-hydroxylation sites is 1. The molecule has 1 spiro atoms. The standard InChI is InChI=1S/C54H34O/c1-2-17-38(18-3-1)53(39-31-29-35-15-4-5-16-36(35)33-39)46-25-11-8-21-43(46)52-40(22-14-27-48(52)53)37-30-32-51-49(34-37)54(47-26-12-13-28-50(47)55-51)44-23-9-6-19-41(44)42-20-7-10-24-45(42)54/h1-34H. The fourth-order valence-corrected chi connectivity index (χ4v) is 10.5. The summed E-state index contributed by atoms with van der Waals surface area (Å²) in [5, 5.41) is 2.49. The van der Waals surface area contributed by atoms with Crippen molar-refractivity contribution in [3.8, 4) is 44.9 Å². The van der Waals surface area contributed by atoms with E-state index in [1.54, 1.807) is 0 Å². The summed E-state index contributed by atoms with van der Waals surface area (Å²) in [4.78, 5) is 0. The molecule has 1 unspecified atom stereocenters. The van der Waals surface area contributed by atoms with E-state index >= 15 is 0 Å². The van der Waals surface area contributed by atoms with Gasteiger partial charge in [-0.25, -0.2) is 0 Å². The number of hydrogen-bond acceptors (Lipinski definition) is 1. The van der Waals surface area contributed by atoms with Gasteiger partial charge < -0.3 is 4.74 Å². The Morgan fingerprint density at radius 3 is 1.62 bits per heavy atom. The van der Waals surface area contributed by atoms with Crippen molar-refractivity contribution in [1.82, 2.24) is 0 Å². The average Bonchev–Trinajstić information content (AvgIpc) is 3.73. The van der Waals surface area contributed by atoms with Crippen molar-refractivity contribution >= 4 is 10.8 Å². The third-order valence-corrected chi connectivity index (χ3v) is 12.6. The summed E-state index contributed by atoms with van der Waals surface area (Å²) >= 11 is 0. The quantitative estimate of drug-likeness (QED) is 0.178. The van der Waals surface area contributed by atoms with Gasteiger partial charge in [-0.15, -0.1) is 0 Å². The van der Waals surface area contributed by atoms with E-state index in [2.05, 4.69) is 206 Å². The lowest BCUT2D eigenvalue weighted by Crippen LogP contribution is -2.32. The molecular formula is C54H34O. The van der Waals surface area contributed by atoms with Gasteiger partial charge in [-0.05, 0) is 102 Å². The Morgan fingerprint density at radius 1 is 0.291 bits per heavy atom. The molecule has 1 atom stereocenters. The molecule has 256 valence electrons. The highest BCUT2D eigenvalue weighted by Crippen LogP contribution is 2.63. The van der Waals surface area contributed by atoms with E-state index < -0.39 is 10.8 Å². The fraction of sp³-hybridized carbons (Fsp3) is 0.0370. The van der Waals surface area contributed by atoms with Gasteiger partial charge in [-0.1, -0.05) is 182 Å². The SMILES string of the molecule is c1ccc(C2(c3ccc4ccccc4c3)c3ccccc3-c3c(-c4ccc5c(c4)C4(c6ccccc6O5)c5ccccc5-c5ccccc54)cccc32)cc1. The smallest absolute Gasteiger partial charge is 0.132 e. The molecule has 12 rings (SSSR count). The molecule has 0 amide bonds. The predicted octanol–water partition coefficient (Wildman–Crippen LogP) is 13.3. The van der Waals surface area contributed by atoms with Gasteiger partial charge in [0.25, 0.3) is 0 Å². The number of hydrogen-bond donors (Lipinski definition) is 0. The van der Waals surface area contributed by atoms with E-state index in [0.717, 1.165) is 11.5 Å². The van der Waals surface area contributed by atoms with Gasteiger partial charge in [-0.3, -0.25) is 0 Å². The maximum atomic E-state index is 6.82. The van der Waals surface area contributed by atoms with Crippen LogP contribution in [0.2, 0.25) is 0 Å². The Kier molecular flexibility index (Phi) is 6.25. The third-order valence-electron chi connectivity index (χ3n) is 12.6. The Labute approximate surface area is 320 Å². The van der Waals surface area contributed by atoms with Crippen LogP contribution in [0.5, 0.6) is 11.5 Å². The Balaban J connectivity index is 1.16. The summed E-state index contributed by atoms with van der Waals surface area (Å²) in [6, 6.07) is 76.3. The van der Waals surface area contributed by atoms with Crippen molar-refractivity contribution in [2.24, 2.45) is 0 Å². The minimum atomic E-state index is -0.526. The molecular weight excluding hydrogens is 665 g/mol. The first-order valence-corrected chi connectivity index (χ1v) is 19.2. The molecule has 9 aromatic carbocycles. The molecule has 0 N–H and O–H groups in total. The lowest BCUT2D eigenvalue weighted by atomic mass is 9.65. The highest BCUT2D eigenvalue weighted by Gasteiger charge is 2.51. The average molecular weight is 699 g/mol. The van der Waals surface area contributed by atoms with E-state index in [0.29, 0.717) is 0 Å². The molecule has 1 heteroatoms. The van der Waals surface area contributed by atoms with Crippen LogP contribution >= 0.6 is 0 Å². The van der Waals surface area contributed by atoms with Crippen LogP contribution < -0.4 is 4.74 Å². The first-order valence-electron chi connectivity index (χ1n) is 19.2. The summed E-state index contributed by atoms with van der Waals surface area (Å²) in [5.41, 5.74) is 16.6. The number of ether oxygens (including phenoxy) is 1. The van der Waals surface area contributed by atoms with Crippen molar-refractivity contribution in [3.05, 3.63) is 251 Å². The zero-order valence-corrected chi connectivity index (χ0v) is 30.0. The Hall–Kier alpha value is -6.96. The van der Waals surface area contributed by atoms with Gasteiger partial charge in [0.15, 0.2) is 0 Å². The first kappa shape index (κ1) is 30.5. The van der Waals surface area contributed by atoms with Crippen molar-refractivity contribution < 1.29 is 4.74 Å². The second kappa shape index (κ2) is 11.3. The largest absolute Gasteiger partial charge is 0.457 e. The second-order valence-corrected chi connectivity index (χ2v) is 15.1. The van der Waals surface area contributed by atoms with Crippen molar-refractivity contribution in [3.63, 3.8) is 0 Å². The number of benzene rings is 9. The second-order valence-electron chi connectivity index (χ2n) is 15.1. The molecule has 0 saturated heterocycles. The Bertz CT molecular complexity index is 2980. The van der Waals surface area contributed by atoms with Gasteiger partial charge in [0, 0.05) is 11.1 Å². The number of rotatable bonds is 3. The molecule has 55 heavy (non-hydrogen) atoms. The summed E-state index contributed by atoms with van der Waals surface area (Å²) in [5.74, 6) is 1.81. The van der Waals surface area contributed by atoms with Gasteiger partial charge in [0.2, 0.25) is 0 Å². The fourth-order valence-electron chi connectivity index (χ4n) is 10.5. The minimum absolute atomic E-state index is 0.506. The summed E-state index contributed by atoms with van der Waals surface area (Å²) in [6.07, 6.45) is 0. The highest BCUT2D eigenvalue weighted by molar-refractivity contribution is 5.97. The lowest BCUT2D eigenvalue weighted by Gasteiger charge is -2.39. The minimum Gasteiger partial charge on any atom is -0.457 e. The molecule has 2 aliphatic carbocycles. The third kappa shape index (κ3) is 3.92. The van der Waals surface area contributed by atoms with Crippen molar-refractivity contribution in [2.75, 3.05) is 0 Å². The van der Waals surface area contributed by atoms with Crippen LogP contribution in [-0.4, -0.2) is 0 Å². The maximum Gasteiger partial charge on any atom is 0.132 e. The molecule has 0 radical (unpaired) electrons. The van der Waals surface area contributed by atoms with Crippen LogP contribution in [0.4, 0.5) is 0 Å². The molecule has 1 nitrogen and oxygen atoms in total. The van der Waals surface area contributed by atoms with Crippen LogP contribution in [0.25, 0.3) is 44.2 Å². The highest BCUT2D eigenvalue weighted by atomic mass is 16.5. The predicted molar refractivity (Wildman–Crippen MR) is 224 cm³/mol. The molecule has 0 aromatic heterocycles. The van der Waals surface area contributed by atoms with Gasteiger partial charge in [0.05, 0.1) is 10.8 Å². The molecule has 9 aromatic rings. The van der Waals surface area contributed by atoms with E-state index in [1.165, 1.54) is 88.7 Å². The van der Waals surface area contributed by atoms with Crippen LogP contribution in [0.1, 0.15) is 44.5 Å². The molecule has 0 bridgehead atoms. The van der Waals surface area contributed by atoms with Gasteiger partial charge in [-0.2, -0.15) is 0 Å². The molecule has 3 aliphatic rings. The number of fused-ring (bicyclic) bond motifs is 13. The zero-order valence-electron chi connectivity index (χ0n) is 30.0. The van der Waals surface area contributed by atoms with E-state index in [-0.39, 0.29) is 0 Å². The van der Waals surface area contributed by atoms with Gasteiger partial charge in [0.1, 0.15) is 11.5 Å². The van der Waals surface area contributed by atoms with Crippen molar-refractivity contribution in [2.45, 2.75) is 10.8 Å². The summed E-state index contributed by atoms with van der Waals surface area (Å²) in [7, 11) is 0. The Morgan fingerprint density at radius 2 is 0.855 bits per heavy atom. The first-order chi connectivity index (χ1) is 27.3. The monoisotopic (exact) mass is 698 g/mol. The molecule has 0 fully saturated rings. The van der Waals surface area contributed by atoms with E-state index in [9.17, 15) is 0 Å². The van der Waals surface area contributed by atoms with Crippen LogP contribution in [-0.2, 0) is 10.8 Å². The van der Waals surface area contributed by atoms with E-state index in [1.807, 2.05) is 0 Å². The van der Waals surface area contributed by atoms with Crippen LogP contribution in [0, 0.1) is 0 Å². The van der Waals surface area contributed by atoms with Crippen LogP contribution in [0.15, 0.2) is 206 Å². The molecule has 0 saturated carbocycles. The lowest BCUT2D eigenvalue weighted by molar-refractivity contribution is 0.436. The summed E-state index contributed by atoms with van der Waals surface area (Å²) < 4.78 is 6.82. The normalized spacial score (nSPS) is 16.4. The van der Waals surface area contributed by atoms with Crippen molar-refractivity contribution in [1.29, 1.82) is 0 Å². The zero-order chi connectivity index (χ0) is 36.1. The topological polar surface area (TPSA) is 9.23 Å².